The van der Waals surface area contributed by atoms with E-state index in [9.17, 15) is 27.5 Å². The first-order valence-corrected chi connectivity index (χ1v) is 11.3. The average molecular weight is 453 g/mol. The van der Waals surface area contributed by atoms with Crippen molar-refractivity contribution in [1.29, 1.82) is 0 Å². The van der Waals surface area contributed by atoms with Crippen LogP contribution >= 0.6 is 0 Å². The zero-order valence-electron chi connectivity index (χ0n) is 17.3. The Bertz CT molecular complexity index is 1150. The number of aromatic amines is 1. The molecule has 12 heteroatoms. The molecule has 1 aliphatic heterocycles. The largest absolute Gasteiger partial charge is 0.501 e. The van der Waals surface area contributed by atoms with Crippen LogP contribution in [0, 0.1) is 5.82 Å². The first-order valence-electron chi connectivity index (χ1n) is 9.44. The number of halogens is 1. The van der Waals surface area contributed by atoms with Gasteiger partial charge in [-0.2, -0.15) is 0 Å². The molecule has 0 unspecified atom stereocenters. The fourth-order valence-electron chi connectivity index (χ4n) is 3.55. The minimum atomic E-state index is -3.43. The van der Waals surface area contributed by atoms with Crippen LogP contribution in [-0.4, -0.2) is 60.2 Å². The van der Waals surface area contributed by atoms with Crippen LogP contribution in [0.2, 0.25) is 0 Å². The minimum Gasteiger partial charge on any atom is -0.501 e. The molecule has 2 aromatic rings. The number of nitrogens with one attached hydrogen (secondary N) is 3. The highest BCUT2D eigenvalue weighted by atomic mass is 32.2. The number of H-pyrrole nitrogens is 1. The molecule has 2 atom stereocenters. The summed E-state index contributed by atoms with van der Waals surface area (Å²) in [4.78, 5) is 33.1. The number of carbonyl (C=O) groups excluding carboxylic acids is 1. The Hall–Kier alpha value is -2.83. The van der Waals surface area contributed by atoms with Crippen molar-refractivity contribution in [2.75, 3.05) is 19.8 Å². The van der Waals surface area contributed by atoms with E-state index in [-0.39, 0.29) is 18.8 Å². The zero-order chi connectivity index (χ0) is 23.0. The number of aromatic hydroxyl groups is 1. The predicted octanol–water partition coefficient (Wildman–Crippen LogP) is 0.0131. The molecule has 0 bridgehead atoms. The normalized spacial score (nSPS) is 21.2. The molecule has 3 rings (SSSR count). The molecule has 0 spiro atoms. The van der Waals surface area contributed by atoms with Gasteiger partial charge in [-0.15, -0.1) is 0 Å². The van der Waals surface area contributed by atoms with E-state index in [0.717, 1.165) is 6.26 Å². The van der Waals surface area contributed by atoms with E-state index in [1.54, 1.807) is 6.92 Å². The number of aromatic nitrogens is 2. The van der Waals surface area contributed by atoms with Crippen LogP contribution < -0.4 is 15.6 Å². The Kier molecular flexibility index (Phi) is 6.16. The van der Waals surface area contributed by atoms with Gasteiger partial charge in [0.25, 0.3) is 11.5 Å². The number of hydrogen-bond donors (Lipinski definition) is 4. The number of sulfonamides is 1. The molecule has 10 nitrogen and oxygen atoms in total. The van der Waals surface area contributed by atoms with Gasteiger partial charge < -0.3 is 20.3 Å². The maximum absolute atomic E-state index is 13.1. The second kappa shape index (κ2) is 8.36. The van der Waals surface area contributed by atoms with Crippen molar-refractivity contribution in [3.63, 3.8) is 0 Å². The van der Waals surface area contributed by atoms with E-state index in [1.807, 2.05) is 0 Å². The highest BCUT2D eigenvalue weighted by molar-refractivity contribution is 7.88. The molecule has 1 fully saturated rings. The second-order valence-electron chi connectivity index (χ2n) is 7.90. The van der Waals surface area contributed by atoms with Crippen molar-refractivity contribution in [3.8, 4) is 5.75 Å². The summed E-state index contributed by atoms with van der Waals surface area (Å²) in [7, 11) is -1.96. The van der Waals surface area contributed by atoms with Crippen molar-refractivity contribution in [1.82, 2.24) is 24.9 Å². The summed E-state index contributed by atoms with van der Waals surface area (Å²) < 4.78 is 38.6. The Labute approximate surface area is 178 Å². The number of nitrogens with zero attached hydrogens (tertiary/aromatic N) is 2. The summed E-state index contributed by atoms with van der Waals surface area (Å²) in [5.41, 5.74) is -1.59. The lowest BCUT2D eigenvalue weighted by molar-refractivity contribution is 0.0774. The van der Waals surface area contributed by atoms with E-state index in [4.69, 9.17) is 0 Å². The molecular formula is C19H24FN5O5S. The summed E-state index contributed by atoms with van der Waals surface area (Å²) in [5, 5.41) is 13.3. The number of benzene rings is 1. The second-order valence-corrected chi connectivity index (χ2v) is 9.68. The highest BCUT2D eigenvalue weighted by Crippen LogP contribution is 2.29. The third-order valence-corrected chi connectivity index (χ3v) is 5.84. The highest BCUT2D eigenvalue weighted by Gasteiger charge is 2.40. The molecule has 0 aliphatic carbocycles. The van der Waals surface area contributed by atoms with Gasteiger partial charge in [-0.1, -0.05) is 12.1 Å². The number of amides is 1. The van der Waals surface area contributed by atoms with Gasteiger partial charge in [0.1, 0.15) is 11.6 Å². The third kappa shape index (κ3) is 5.27. The van der Waals surface area contributed by atoms with E-state index in [2.05, 4.69) is 20.0 Å². The number of carbonyl (C=O) groups is 1. The number of hydrogen-bond acceptors (Lipinski definition) is 7. The van der Waals surface area contributed by atoms with Crippen LogP contribution in [0.15, 0.2) is 29.1 Å². The molecule has 1 aromatic heterocycles. The lowest BCUT2D eigenvalue weighted by Crippen LogP contribution is -2.38. The van der Waals surface area contributed by atoms with E-state index < -0.39 is 50.3 Å². The van der Waals surface area contributed by atoms with Gasteiger partial charge in [-0.05, 0) is 31.0 Å². The summed E-state index contributed by atoms with van der Waals surface area (Å²) in [6.45, 7) is 2.11. The Morgan fingerprint density at radius 2 is 2.03 bits per heavy atom. The summed E-state index contributed by atoms with van der Waals surface area (Å²) in [6, 6.07) is 5.14. The molecule has 1 aromatic carbocycles. The van der Waals surface area contributed by atoms with Gasteiger partial charge in [-0.25, -0.2) is 22.5 Å². The van der Waals surface area contributed by atoms with E-state index in [1.165, 1.54) is 36.2 Å². The molecule has 1 amide bonds. The van der Waals surface area contributed by atoms with Gasteiger partial charge >= 0.3 is 0 Å². The Balaban J connectivity index is 1.86. The minimum absolute atomic E-state index is 0.103. The molecule has 31 heavy (non-hydrogen) atoms. The van der Waals surface area contributed by atoms with Gasteiger partial charge in [0.2, 0.25) is 15.8 Å². The third-order valence-electron chi connectivity index (χ3n) is 5.07. The van der Waals surface area contributed by atoms with Crippen LogP contribution in [0.4, 0.5) is 4.39 Å². The van der Waals surface area contributed by atoms with E-state index in [0.29, 0.717) is 12.1 Å². The summed E-state index contributed by atoms with van der Waals surface area (Å²) >= 11 is 0. The maximum Gasteiger partial charge on any atom is 0.293 e. The van der Waals surface area contributed by atoms with Crippen LogP contribution in [-0.2, 0) is 22.1 Å². The van der Waals surface area contributed by atoms with Gasteiger partial charge in [0, 0.05) is 26.2 Å². The van der Waals surface area contributed by atoms with Gasteiger partial charge in [0.15, 0.2) is 5.69 Å². The first kappa shape index (κ1) is 22.8. The van der Waals surface area contributed by atoms with Crippen molar-refractivity contribution in [2.45, 2.75) is 31.5 Å². The Morgan fingerprint density at radius 3 is 2.65 bits per heavy atom. The topological polar surface area (TPSA) is 144 Å². The molecule has 168 valence electrons. The summed E-state index contributed by atoms with van der Waals surface area (Å²) in [5.74, 6) is -1.81. The fourth-order valence-corrected chi connectivity index (χ4v) is 4.32. The molecular weight excluding hydrogens is 429 g/mol. The van der Waals surface area contributed by atoms with Crippen molar-refractivity contribution in [3.05, 3.63) is 57.5 Å². The molecule has 0 saturated carbocycles. The first-order chi connectivity index (χ1) is 14.4. The van der Waals surface area contributed by atoms with Crippen molar-refractivity contribution >= 4 is 15.9 Å². The molecule has 4 N–H and O–H groups in total. The summed E-state index contributed by atoms with van der Waals surface area (Å²) in [6.07, 6.45) is 1.32. The monoisotopic (exact) mass is 453 g/mol. The molecule has 0 radical (unpaired) electrons. The van der Waals surface area contributed by atoms with Crippen molar-refractivity contribution in [2.24, 2.45) is 0 Å². The molecule has 1 aliphatic rings. The van der Waals surface area contributed by atoms with Crippen LogP contribution in [0.3, 0.4) is 0 Å². The van der Waals surface area contributed by atoms with Gasteiger partial charge in [-0.3, -0.25) is 9.59 Å². The Morgan fingerprint density at radius 1 is 1.39 bits per heavy atom. The quantitative estimate of drug-likeness (QED) is 0.482. The number of rotatable bonds is 6. The molecule has 2 heterocycles. The van der Waals surface area contributed by atoms with Crippen LogP contribution in [0.5, 0.6) is 5.75 Å². The molecule has 1 saturated heterocycles. The SMILES string of the molecule is CN(Cc1ccc(F)cc1)C(=O)c1nc([C@]2(C)C[C@H](NS(C)(=O)=O)CN2)[nH]c(=O)c1O. The predicted molar refractivity (Wildman–Crippen MR) is 110 cm³/mol. The lowest BCUT2D eigenvalue weighted by atomic mass is 9.97. The maximum atomic E-state index is 13.1. The van der Waals surface area contributed by atoms with E-state index >= 15 is 0 Å². The zero-order valence-corrected chi connectivity index (χ0v) is 18.1. The smallest absolute Gasteiger partial charge is 0.293 e. The standard InChI is InChI=1S/C19H24FN5O5S/c1-19(8-13(9-21-19)24-31(3,29)30)18-22-14(15(26)16(27)23-18)17(28)25(2)10-11-4-6-12(20)7-5-11/h4-7,13,21,24,26H,8-10H2,1-3H3,(H,22,23,27)/t13-,19-/m0/s1. The van der Waals surface area contributed by atoms with Crippen LogP contribution in [0.25, 0.3) is 0 Å². The van der Waals surface area contributed by atoms with Crippen molar-refractivity contribution < 1.29 is 22.7 Å². The lowest BCUT2D eigenvalue weighted by Gasteiger charge is -2.24. The van der Waals surface area contributed by atoms with Gasteiger partial charge in [0.05, 0.1) is 11.8 Å². The fraction of sp³-hybridized carbons (Fsp3) is 0.421. The average Bonchev–Trinajstić information content (AvgIpc) is 3.05. The van der Waals surface area contributed by atoms with Crippen LogP contribution in [0.1, 0.15) is 35.2 Å².